The normalized spacial score (nSPS) is 12.2. The Morgan fingerprint density at radius 2 is 1.86 bits per heavy atom. The average molecular weight is 295 g/mol. The molecule has 2 nitrogen and oxygen atoms in total. The Hall–Kier alpha value is -2.01. The van der Waals surface area contributed by atoms with Gasteiger partial charge in [0.1, 0.15) is 23.2 Å². The number of hydrogen-bond acceptors (Lipinski definition) is 2. The first-order valence-corrected chi connectivity index (χ1v) is 6.52. The van der Waals surface area contributed by atoms with Crippen LogP contribution in [-0.4, -0.2) is 7.11 Å². The predicted molar refractivity (Wildman–Crippen MR) is 74.6 cm³/mol. The van der Waals surface area contributed by atoms with Crippen molar-refractivity contribution in [2.75, 3.05) is 7.11 Å². The first-order chi connectivity index (χ1) is 10.0. The molecule has 1 unspecified atom stereocenters. The summed E-state index contributed by atoms with van der Waals surface area (Å²) in [4.78, 5) is 0. The Labute approximate surface area is 121 Å². The molecule has 0 aromatic heterocycles. The van der Waals surface area contributed by atoms with Crippen LogP contribution in [0.5, 0.6) is 5.75 Å². The third kappa shape index (κ3) is 3.55. The summed E-state index contributed by atoms with van der Waals surface area (Å²) in [5.41, 5.74) is 0.695. The molecule has 21 heavy (non-hydrogen) atoms. The van der Waals surface area contributed by atoms with Gasteiger partial charge >= 0.3 is 0 Å². The van der Waals surface area contributed by atoms with E-state index in [9.17, 15) is 13.2 Å². The molecule has 5 heteroatoms. The van der Waals surface area contributed by atoms with E-state index in [2.05, 4.69) is 5.32 Å². The SMILES string of the molecule is COc1cccc(F)c1C(C)NCc1ccc(F)cc1F. The fraction of sp³-hybridized carbons (Fsp3) is 0.250. The van der Waals surface area contributed by atoms with E-state index in [1.807, 2.05) is 0 Å². The molecular formula is C16H16F3NO. The highest BCUT2D eigenvalue weighted by molar-refractivity contribution is 5.37. The van der Waals surface area contributed by atoms with Gasteiger partial charge in [0.15, 0.2) is 0 Å². The van der Waals surface area contributed by atoms with E-state index in [1.165, 1.54) is 25.3 Å². The summed E-state index contributed by atoms with van der Waals surface area (Å²) in [5, 5.41) is 3.01. The van der Waals surface area contributed by atoms with E-state index in [1.54, 1.807) is 19.1 Å². The molecule has 0 bridgehead atoms. The first-order valence-electron chi connectivity index (χ1n) is 6.52. The highest BCUT2D eigenvalue weighted by Gasteiger charge is 2.16. The fourth-order valence-corrected chi connectivity index (χ4v) is 2.15. The summed E-state index contributed by atoms with van der Waals surface area (Å²) in [6.45, 7) is 1.91. The minimum Gasteiger partial charge on any atom is -0.496 e. The Balaban J connectivity index is 2.13. The first kappa shape index (κ1) is 15.4. The van der Waals surface area contributed by atoms with Crippen LogP contribution in [0, 0.1) is 17.5 Å². The average Bonchev–Trinajstić information content (AvgIpc) is 2.45. The highest BCUT2D eigenvalue weighted by atomic mass is 19.1. The minimum atomic E-state index is -0.629. The Bertz CT molecular complexity index is 631. The van der Waals surface area contributed by atoms with Crippen molar-refractivity contribution >= 4 is 0 Å². The van der Waals surface area contributed by atoms with E-state index in [4.69, 9.17) is 4.74 Å². The monoisotopic (exact) mass is 295 g/mol. The van der Waals surface area contributed by atoms with Gasteiger partial charge in [-0.1, -0.05) is 12.1 Å². The molecule has 0 saturated carbocycles. The minimum absolute atomic E-state index is 0.158. The third-order valence-electron chi connectivity index (χ3n) is 3.28. The summed E-state index contributed by atoms with van der Waals surface area (Å²) >= 11 is 0. The summed E-state index contributed by atoms with van der Waals surface area (Å²) in [5.74, 6) is -1.22. The van der Waals surface area contributed by atoms with Crippen LogP contribution in [0.4, 0.5) is 13.2 Å². The molecule has 0 aliphatic carbocycles. The lowest BCUT2D eigenvalue weighted by Crippen LogP contribution is -2.20. The fourth-order valence-electron chi connectivity index (χ4n) is 2.15. The third-order valence-corrected chi connectivity index (χ3v) is 3.28. The zero-order valence-electron chi connectivity index (χ0n) is 11.8. The molecule has 0 saturated heterocycles. The number of rotatable bonds is 5. The van der Waals surface area contributed by atoms with Gasteiger partial charge in [0.25, 0.3) is 0 Å². The van der Waals surface area contributed by atoms with E-state index < -0.39 is 17.5 Å². The van der Waals surface area contributed by atoms with Crippen molar-refractivity contribution in [2.24, 2.45) is 0 Å². The lowest BCUT2D eigenvalue weighted by Gasteiger charge is -2.18. The van der Waals surface area contributed by atoms with Crippen molar-refractivity contribution in [3.05, 3.63) is 65.0 Å². The van der Waals surface area contributed by atoms with Crippen LogP contribution in [0.2, 0.25) is 0 Å². The molecule has 0 amide bonds. The maximum Gasteiger partial charge on any atom is 0.131 e. The quantitative estimate of drug-likeness (QED) is 0.901. The topological polar surface area (TPSA) is 21.3 Å². The Morgan fingerprint density at radius 1 is 1.10 bits per heavy atom. The Morgan fingerprint density at radius 3 is 2.52 bits per heavy atom. The smallest absolute Gasteiger partial charge is 0.131 e. The summed E-state index contributed by atoms with van der Waals surface area (Å²) < 4.78 is 45.4. The number of nitrogens with one attached hydrogen (secondary N) is 1. The van der Waals surface area contributed by atoms with Gasteiger partial charge in [0, 0.05) is 29.8 Å². The molecule has 0 radical (unpaired) electrons. The van der Waals surface area contributed by atoms with Gasteiger partial charge in [-0.15, -0.1) is 0 Å². The molecule has 0 aliphatic heterocycles. The van der Waals surface area contributed by atoms with E-state index in [0.29, 0.717) is 16.9 Å². The molecule has 0 fully saturated rings. The van der Waals surface area contributed by atoms with Gasteiger partial charge in [-0.3, -0.25) is 0 Å². The van der Waals surface area contributed by atoms with Crippen LogP contribution in [-0.2, 0) is 6.54 Å². The van der Waals surface area contributed by atoms with Crippen LogP contribution in [0.3, 0.4) is 0 Å². The highest BCUT2D eigenvalue weighted by Crippen LogP contribution is 2.27. The van der Waals surface area contributed by atoms with Crippen molar-refractivity contribution < 1.29 is 17.9 Å². The van der Waals surface area contributed by atoms with Crippen LogP contribution in [0.25, 0.3) is 0 Å². The van der Waals surface area contributed by atoms with E-state index in [-0.39, 0.29) is 12.6 Å². The van der Waals surface area contributed by atoms with Crippen LogP contribution >= 0.6 is 0 Å². The predicted octanol–water partition coefficient (Wildman–Crippen LogP) is 3.96. The summed E-state index contributed by atoms with van der Waals surface area (Å²) in [7, 11) is 1.46. The number of ether oxygens (including phenoxy) is 1. The zero-order chi connectivity index (χ0) is 15.4. The molecule has 2 aromatic carbocycles. The molecule has 0 aliphatic rings. The number of benzene rings is 2. The van der Waals surface area contributed by atoms with Crippen LogP contribution in [0.15, 0.2) is 36.4 Å². The molecule has 112 valence electrons. The number of hydrogen-bond donors (Lipinski definition) is 1. The lowest BCUT2D eigenvalue weighted by atomic mass is 10.1. The van der Waals surface area contributed by atoms with Crippen molar-refractivity contribution in [3.63, 3.8) is 0 Å². The second-order valence-electron chi connectivity index (χ2n) is 4.69. The zero-order valence-corrected chi connectivity index (χ0v) is 11.8. The molecule has 0 spiro atoms. The van der Waals surface area contributed by atoms with Gasteiger partial charge in [-0.05, 0) is 25.1 Å². The molecule has 2 aromatic rings. The Kier molecular flexibility index (Phi) is 4.85. The molecule has 1 atom stereocenters. The maximum absolute atomic E-state index is 13.9. The van der Waals surface area contributed by atoms with Crippen LogP contribution < -0.4 is 10.1 Å². The summed E-state index contributed by atoms with van der Waals surface area (Å²) in [6, 6.07) is 7.56. The lowest BCUT2D eigenvalue weighted by molar-refractivity contribution is 0.393. The van der Waals surface area contributed by atoms with Gasteiger partial charge in [-0.25, -0.2) is 13.2 Å². The second-order valence-corrected chi connectivity index (χ2v) is 4.69. The van der Waals surface area contributed by atoms with Crippen molar-refractivity contribution in [1.29, 1.82) is 0 Å². The van der Waals surface area contributed by atoms with E-state index in [0.717, 1.165) is 6.07 Å². The van der Waals surface area contributed by atoms with Crippen molar-refractivity contribution in [2.45, 2.75) is 19.5 Å². The summed E-state index contributed by atoms with van der Waals surface area (Å²) in [6.07, 6.45) is 0. The standard InChI is InChI=1S/C16H16F3NO/c1-10(16-13(18)4-3-5-15(16)21-2)20-9-11-6-7-12(17)8-14(11)19/h3-8,10,20H,9H2,1-2H3. The number of methoxy groups -OCH3 is 1. The van der Waals surface area contributed by atoms with Gasteiger partial charge in [0.2, 0.25) is 0 Å². The molecular weight excluding hydrogens is 279 g/mol. The number of halogens is 3. The molecule has 1 N–H and O–H groups in total. The maximum atomic E-state index is 13.9. The van der Waals surface area contributed by atoms with Crippen LogP contribution in [0.1, 0.15) is 24.1 Å². The van der Waals surface area contributed by atoms with Gasteiger partial charge in [0.05, 0.1) is 7.11 Å². The van der Waals surface area contributed by atoms with Crippen molar-refractivity contribution in [3.8, 4) is 5.75 Å². The molecule has 0 heterocycles. The van der Waals surface area contributed by atoms with E-state index >= 15 is 0 Å². The van der Waals surface area contributed by atoms with Gasteiger partial charge in [-0.2, -0.15) is 0 Å². The largest absolute Gasteiger partial charge is 0.496 e. The molecule has 2 rings (SSSR count). The van der Waals surface area contributed by atoms with Gasteiger partial charge < -0.3 is 10.1 Å². The second kappa shape index (κ2) is 6.63. The van der Waals surface area contributed by atoms with Crippen molar-refractivity contribution in [1.82, 2.24) is 5.32 Å².